The van der Waals surface area contributed by atoms with Gasteiger partial charge in [-0.15, -0.1) is 0 Å². The van der Waals surface area contributed by atoms with Crippen LogP contribution in [0.3, 0.4) is 0 Å². The van der Waals surface area contributed by atoms with Crippen LogP contribution in [-0.2, 0) is 23.8 Å². The van der Waals surface area contributed by atoms with Gasteiger partial charge in [-0.2, -0.15) is 0 Å². The summed E-state index contributed by atoms with van der Waals surface area (Å²) in [6.45, 7) is 4.25. The van der Waals surface area contributed by atoms with E-state index in [9.17, 15) is 35.1 Å². The predicted molar refractivity (Wildman–Crippen MR) is 384 cm³/mol. The molecule has 0 saturated carbocycles. The number of ether oxygens (including phenoxy) is 3. The Labute approximate surface area is 559 Å². The molecule has 1 amide bonds. The summed E-state index contributed by atoms with van der Waals surface area (Å²) in [6.07, 6.45) is 84.6. The Kier molecular flexibility index (Phi) is 64.4. The fraction of sp³-hybridized carbons (Fsp3) is 0.800. The molecule has 528 valence electrons. The van der Waals surface area contributed by atoms with Gasteiger partial charge in [0.1, 0.15) is 24.4 Å². The lowest BCUT2D eigenvalue weighted by Gasteiger charge is -2.40. The van der Waals surface area contributed by atoms with Crippen LogP contribution in [0.4, 0.5) is 0 Å². The third-order valence-corrected chi connectivity index (χ3v) is 17.7. The number of amides is 1. The van der Waals surface area contributed by atoms with E-state index in [4.69, 9.17) is 14.2 Å². The summed E-state index contributed by atoms with van der Waals surface area (Å²) in [5.41, 5.74) is 0. The normalized spacial score (nSPS) is 18.1. The number of aliphatic hydroxyl groups is 5. The molecule has 1 rings (SSSR count). The van der Waals surface area contributed by atoms with Crippen LogP contribution < -0.4 is 5.32 Å². The molecule has 0 aromatic carbocycles. The minimum absolute atomic E-state index is 0.00360. The standard InChI is InChI=1S/C80H143NO10/c1-3-5-7-9-11-13-15-42-46-50-54-58-62-66-73(83)72(71-90-80-79(88)78(87)77(86)74(70-82)91-80)81-75(84)67-63-59-55-51-47-44-40-38-36-34-32-30-28-26-24-22-20-18-17-19-21-23-25-27-29-31-33-35-37-39-41-45-49-53-57-61-65-69-89-76(85)68-64-60-56-52-48-43-16-14-12-10-8-6-4-2/h8,10-11,13-14,16-17,19,23,25,46,50,62,66,72-74,77-80,82-83,86-88H,3-7,9,12,15,18,20-22,24,26-45,47-49,51-61,63-65,67-71H2,1-2H3,(H,81,84)/b10-8-,13-11+,16-14-,19-17-,25-23-,50-46+,66-62+. The van der Waals surface area contributed by atoms with Crippen molar-refractivity contribution in [1.82, 2.24) is 5.32 Å². The molecule has 1 aliphatic heterocycles. The highest BCUT2D eigenvalue weighted by Gasteiger charge is 2.44. The first-order valence-corrected chi connectivity index (χ1v) is 38.4. The van der Waals surface area contributed by atoms with Crippen molar-refractivity contribution < 1.29 is 49.3 Å². The van der Waals surface area contributed by atoms with Gasteiger partial charge in [-0.25, -0.2) is 0 Å². The second-order valence-corrected chi connectivity index (χ2v) is 26.3. The van der Waals surface area contributed by atoms with Crippen molar-refractivity contribution in [2.24, 2.45) is 0 Å². The van der Waals surface area contributed by atoms with E-state index in [1.165, 1.54) is 238 Å². The van der Waals surface area contributed by atoms with E-state index >= 15 is 0 Å². The number of carbonyl (C=O) groups is 2. The highest BCUT2D eigenvalue weighted by Crippen LogP contribution is 2.23. The number of hydrogen-bond acceptors (Lipinski definition) is 10. The van der Waals surface area contributed by atoms with Crippen LogP contribution >= 0.6 is 0 Å². The first kappa shape index (κ1) is 85.9. The van der Waals surface area contributed by atoms with Crippen LogP contribution in [0.25, 0.3) is 0 Å². The Bertz CT molecular complexity index is 1790. The second-order valence-electron chi connectivity index (χ2n) is 26.3. The maximum atomic E-state index is 13.1. The fourth-order valence-corrected chi connectivity index (χ4v) is 11.7. The largest absolute Gasteiger partial charge is 0.466 e. The van der Waals surface area contributed by atoms with Gasteiger partial charge in [0.2, 0.25) is 5.91 Å². The molecule has 6 N–H and O–H groups in total. The Morgan fingerprint density at radius 1 is 0.407 bits per heavy atom. The molecule has 91 heavy (non-hydrogen) atoms. The van der Waals surface area contributed by atoms with E-state index in [2.05, 4.69) is 92.1 Å². The number of esters is 1. The topological polar surface area (TPSA) is 175 Å². The summed E-state index contributed by atoms with van der Waals surface area (Å²) < 4.78 is 16.7. The number of rotatable bonds is 67. The number of hydrogen-bond donors (Lipinski definition) is 6. The average molecular weight is 1280 g/mol. The molecule has 7 unspecified atom stereocenters. The Balaban J connectivity index is 1.93. The molecule has 11 heteroatoms. The van der Waals surface area contributed by atoms with Gasteiger partial charge in [0, 0.05) is 12.8 Å². The fourth-order valence-electron chi connectivity index (χ4n) is 11.7. The minimum atomic E-state index is -1.58. The molecule has 0 aromatic rings. The molecule has 0 aliphatic carbocycles. The van der Waals surface area contributed by atoms with Crippen LogP contribution in [-0.4, -0.2) is 100 Å². The highest BCUT2D eigenvalue weighted by molar-refractivity contribution is 5.76. The maximum Gasteiger partial charge on any atom is 0.305 e. The summed E-state index contributed by atoms with van der Waals surface area (Å²) in [5.74, 6) is -0.198. The quantitative estimate of drug-likeness (QED) is 0.0195. The van der Waals surface area contributed by atoms with Crippen molar-refractivity contribution in [2.75, 3.05) is 19.8 Å². The van der Waals surface area contributed by atoms with Crippen molar-refractivity contribution >= 4 is 11.9 Å². The molecule has 0 aromatic heterocycles. The summed E-state index contributed by atoms with van der Waals surface area (Å²) in [6, 6.07) is -0.834. The van der Waals surface area contributed by atoms with Gasteiger partial charge in [-0.05, 0) is 116 Å². The first-order valence-electron chi connectivity index (χ1n) is 38.4. The second kappa shape index (κ2) is 68.2. The van der Waals surface area contributed by atoms with Crippen LogP contribution in [0.5, 0.6) is 0 Å². The minimum Gasteiger partial charge on any atom is -0.466 e. The zero-order chi connectivity index (χ0) is 65.8. The SMILES string of the molecule is CCC/C=C\C/C=C\CCCCCCCC(=O)OCCCCCCCCCCCCCCC/C=C\C/C=C\CCCCCCCCCCCCCCCCCCCC(=O)NC(COC1OC(CO)C(O)C(O)C1O)C(O)/C=C/CC/C=C/CC/C=C/CCCCC. The number of aliphatic hydroxyl groups excluding tert-OH is 5. The van der Waals surface area contributed by atoms with Crippen LogP contribution in [0, 0.1) is 0 Å². The highest BCUT2D eigenvalue weighted by atomic mass is 16.7. The van der Waals surface area contributed by atoms with Gasteiger partial charge in [-0.1, -0.05) is 304 Å². The lowest BCUT2D eigenvalue weighted by molar-refractivity contribution is -0.302. The lowest BCUT2D eigenvalue weighted by Crippen LogP contribution is -2.60. The van der Waals surface area contributed by atoms with Crippen molar-refractivity contribution in [2.45, 2.75) is 391 Å². The first-order chi connectivity index (χ1) is 44.7. The van der Waals surface area contributed by atoms with Crippen molar-refractivity contribution in [3.05, 3.63) is 85.1 Å². The summed E-state index contributed by atoms with van der Waals surface area (Å²) in [7, 11) is 0. The average Bonchev–Trinajstić information content (AvgIpc) is 2.14. The predicted octanol–water partition coefficient (Wildman–Crippen LogP) is 20.4. The van der Waals surface area contributed by atoms with Crippen LogP contribution in [0.1, 0.15) is 348 Å². The molecule has 1 fully saturated rings. The molecule has 0 radical (unpaired) electrons. The Hall–Kier alpha value is -3.16. The molecule has 0 spiro atoms. The Morgan fingerprint density at radius 3 is 1.20 bits per heavy atom. The molecule has 11 nitrogen and oxygen atoms in total. The molecule has 1 heterocycles. The van der Waals surface area contributed by atoms with Gasteiger partial charge in [-0.3, -0.25) is 9.59 Å². The van der Waals surface area contributed by atoms with Gasteiger partial charge in [0.25, 0.3) is 0 Å². The zero-order valence-corrected chi connectivity index (χ0v) is 58.8. The smallest absolute Gasteiger partial charge is 0.305 e. The van der Waals surface area contributed by atoms with Gasteiger partial charge < -0.3 is 45.1 Å². The zero-order valence-electron chi connectivity index (χ0n) is 58.8. The molecular weight excluding hydrogens is 1130 g/mol. The number of carbonyl (C=O) groups excluding carboxylic acids is 2. The summed E-state index contributed by atoms with van der Waals surface area (Å²) in [4.78, 5) is 25.1. The van der Waals surface area contributed by atoms with Gasteiger partial charge >= 0.3 is 5.97 Å². The summed E-state index contributed by atoms with van der Waals surface area (Å²) in [5, 5.41) is 54.5. The van der Waals surface area contributed by atoms with E-state index in [-0.39, 0.29) is 18.5 Å². The lowest BCUT2D eigenvalue weighted by atomic mass is 9.99. The summed E-state index contributed by atoms with van der Waals surface area (Å²) >= 11 is 0. The maximum absolute atomic E-state index is 13.1. The van der Waals surface area contributed by atoms with Crippen molar-refractivity contribution in [3.8, 4) is 0 Å². The molecule has 0 bridgehead atoms. The van der Waals surface area contributed by atoms with Gasteiger partial charge in [0.05, 0.1) is 32.0 Å². The molecule has 7 atom stereocenters. The number of allylic oxidation sites excluding steroid dienone is 13. The number of nitrogens with one attached hydrogen (secondary N) is 1. The van der Waals surface area contributed by atoms with E-state index in [0.717, 1.165) is 83.5 Å². The van der Waals surface area contributed by atoms with Crippen molar-refractivity contribution in [1.29, 1.82) is 0 Å². The third kappa shape index (κ3) is 56.9. The number of unbranched alkanes of at least 4 members (excludes halogenated alkanes) is 41. The molecule has 1 saturated heterocycles. The molecular formula is C80H143NO10. The van der Waals surface area contributed by atoms with E-state index in [1.807, 2.05) is 6.08 Å². The third-order valence-electron chi connectivity index (χ3n) is 17.7. The molecule has 1 aliphatic rings. The van der Waals surface area contributed by atoms with Crippen LogP contribution in [0.2, 0.25) is 0 Å². The van der Waals surface area contributed by atoms with Crippen LogP contribution in [0.15, 0.2) is 85.1 Å². The van der Waals surface area contributed by atoms with Gasteiger partial charge in [0.15, 0.2) is 6.29 Å². The van der Waals surface area contributed by atoms with E-state index in [1.54, 1.807) is 6.08 Å². The Morgan fingerprint density at radius 2 is 0.769 bits per heavy atom. The van der Waals surface area contributed by atoms with E-state index in [0.29, 0.717) is 19.4 Å². The van der Waals surface area contributed by atoms with E-state index < -0.39 is 49.5 Å². The monoisotopic (exact) mass is 1280 g/mol. The van der Waals surface area contributed by atoms with Crippen molar-refractivity contribution in [3.63, 3.8) is 0 Å².